The van der Waals surface area contributed by atoms with Gasteiger partial charge in [-0.25, -0.2) is 0 Å². The van der Waals surface area contributed by atoms with Gasteiger partial charge < -0.3 is 10.4 Å². The van der Waals surface area contributed by atoms with Gasteiger partial charge in [0.1, 0.15) is 5.75 Å². The van der Waals surface area contributed by atoms with Crippen molar-refractivity contribution in [1.82, 2.24) is 5.32 Å². The lowest BCUT2D eigenvalue weighted by Crippen LogP contribution is -2.05. The third-order valence-electron chi connectivity index (χ3n) is 2.00. The van der Waals surface area contributed by atoms with Gasteiger partial charge in [0.05, 0.1) is 0 Å². The average Bonchev–Trinajstić information content (AvgIpc) is 2.57. The molecule has 0 saturated carbocycles. The molecule has 2 heteroatoms. The van der Waals surface area contributed by atoms with E-state index in [0.717, 1.165) is 24.2 Å². The smallest absolute Gasteiger partial charge is 0.124 e. The van der Waals surface area contributed by atoms with Gasteiger partial charge in [-0.3, -0.25) is 0 Å². The van der Waals surface area contributed by atoms with Crippen molar-refractivity contribution >= 4 is 5.70 Å². The van der Waals surface area contributed by atoms with Crippen LogP contribution in [0.4, 0.5) is 0 Å². The van der Waals surface area contributed by atoms with Crippen LogP contribution in [0, 0.1) is 0 Å². The molecule has 2 rings (SSSR count). The summed E-state index contributed by atoms with van der Waals surface area (Å²) in [6, 6.07) is 7.37. The number of hydrogen-bond donors (Lipinski definition) is 2. The van der Waals surface area contributed by atoms with Gasteiger partial charge in [0.25, 0.3) is 0 Å². The van der Waals surface area contributed by atoms with Crippen molar-refractivity contribution in [2.24, 2.45) is 0 Å². The molecule has 0 atom stereocenters. The SMILES string of the molecule is Oc1ccccc1C1=CCCN1. The monoisotopic (exact) mass is 161 g/mol. The van der Waals surface area contributed by atoms with E-state index in [-0.39, 0.29) is 0 Å². The van der Waals surface area contributed by atoms with Crippen molar-refractivity contribution in [3.63, 3.8) is 0 Å². The average molecular weight is 161 g/mol. The Hall–Kier alpha value is -1.44. The van der Waals surface area contributed by atoms with Crippen LogP contribution in [-0.2, 0) is 0 Å². The van der Waals surface area contributed by atoms with Crippen molar-refractivity contribution in [3.8, 4) is 5.75 Å². The molecule has 1 heterocycles. The first kappa shape index (κ1) is 7.22. The van der Waals surface area contributed by atoms with Gasteiger partial charge in [-0.1, -0.05) is 18.2 Å². The highest BCUT2D eigenvalue weighted by Gasteiger charge is 2.08. The van der Waals surface area contributed by atoms with E-state index >= 15 is 0 Å². The van der Waals surface area contributed by atoms with Crippen LogP contribution in [0.15, 0.2) is 30.3 Å². The minimum atomic E-state index is 0.346. The molecule has 1 aliphatic heterocycles. The number of phenolic OH excluding ortho intramolecular Hbond substituents is 1. The van der Waals surface area contributed by atoms with E-state index < -0.39 is 0 Å². The van der Waals surface area contributed by atoms with Crippen LogP contribution in [0.5, 0.6) is 5.75 Å². The Balaban J connectivity index is 2.39. The zero-order valence-corrected chi connectivity index (χ0v) is 6.75. The highest BCUT2D eigenvalue weighted by Crippen LogP contribution is 2.24. The van der Waals surface area contributed by atoms with Gasteiger partial charge in [-0.2, -0.15) is 0 Å². The third-order valence-corrected chi connectivity index (χ3v) is 2.00. The molecule has 0 spiro atoms. The van der Waals surface area contributed by atoms with Crippen molar-refractivity contribution < 1.29 is 5.11 Å². The Bertz CT molecular complexity index is 317. The van der Waals surface area contributed by atoms with E-state index in [4.69, 9.17) is 0 Å². The highest BCUT2D eigenvalue weighted by atomic mass is 16.3. The van der Waals surface area contributed by atoms with Gasteiger partial charge in [-0.15, -0.1) is 0 Å². The standard InChI is InChI=1S/C10H11NO/c12-10-6-2-1-4-8(10)9-5-3-7-11-9/h1-2,4-6,11-12H,3,7H2. The second kappa shape index (κ2) is 2.89. The van der Waals surface area contributed by atoms with Gasteiger partial charge in [0, 0.05) is 17.8 Å². The van der Waals surface area contributed by atoms with Crippen LogP contribution >= 0.6 is 0 Å². The maximum atomic E-state index is 9.49. The molecule has 0 amide bonds. The molecule has 0 radical (unpaired) electrons. The fraction of sp³-hybridized carbons (Fsp3) is 0.200. The summed E-state index contributed by atoms with van der Waals surface area (Å²) in [4.78, 5) is 0. The topological polar surface area (TPSA) is 32.3 Å². The molecule has 62 valence electrons. The third kappa shape index (κ3) is 1.16. The molecular weight excluding hydrogens is 150 g/mol. The molecule has 0 saturated heterocycles. The summed E-state index contributed by atoms with van der Waals surface area (Å²) in [5, 5.41) is 12.7. The largest absolute Gasteiger partial charge is 0.507 e. The first-order valence-electron chi connectivity index (χ1n) is 4.10. The Labute approximate surface area is 71.5 Å². The number of benzene rings is 1. The predicted molar refractivity (Wildman–Crippen MR) is 48.7 cm³/mol. The van der Waals surface area contributed by atoms with Gasteiger partial charge in [0.2, 0.25) is 0 Å². The summed E-state index contributed by atoms with van der Waals surface area (Å²) < 4.78 is 0. The molecule has 2 nitrogen and oxygen atoms in total. The van der Waals surface area contributed by atoms with Crippen molar-refractivity contribution in [3.05, 3.63) is 35.9 Å². The zero-order chi connectivity index (χ0) is 8.39. The van der Waals surface area contributed by atoms with Gasteiger partial charge in [-0.05, 0) is 18.6 Å². The Morgan fingerprint density at radius 2 is 2.08 bits per heavy atom. The molecule has 0 fully saturated rings. The van der Waals surface area contributed by atoms with Crippen LogP contribution < -0.4 is 5.32 Å². The summed E-state index contributed by atoms with van der Waals surface area (Å²) in [7, 11) is 0. The van der Waals surface area contributed by atoms with Crippen LogP contribution in [0.25, 0.3) is 5.70 Å². The maximum Gasteiger partial charge on any atom is 0.124 e. The number of phenols is 1. The van der Waals surface area contributed by atoms with Crippen LogP contribution in [-0.4, -0.2) is 11.7 Å². The summed E-state index contributed by atoms with van der Waals surface area (Å²) in [5.74, 6) is 0.346. The second-order valence-electron chi connectivity index (χ2n) is 2.85. The lowest BCUT2D eigenvalue weighted by molar-refractivity contribution is 0.473. The van der Waals surface area contributed by atoms with E-state index in [0.29, 0.717) is 5.75 Å². The van der Waals surface area contributed by atoms with E-state index in [2.05, 4.69) is 11.4 Å². The number of para-hydroxylation sites is 1. The number of aromatic hydroxyl groups is 1. The van der Waals surface area contributed by atoms with Crippen molar-refractivity contribution in [2.75, 3.05) is 6.54 Å². The molecule has 0 aliphatic carbocycles. The first-order valence-corrected chi connectivity index (χ1v) is 4.10. The Morgan fingerprint density at radius 1 is 1.25 bits per heavy atom. The molecule has 1 aliphatic rings. The van der Waals surface area contributed by atoms with Crippen molar-refractivity contribution in [2.45, 2.75) is 6.42 Å². The number of nitrogens with one attached hydrogen (secondary N) is 1. The lowest BCUT2D eigenvalue weighted by Gasteiger charge is -2.05. The molecule has 12 heavy (non-hydrogen) atoms. The van der Waals surface area contributed by atoms with E-state index in [1.54, 1.807) is 6.07 Å². The van der Waals surface area contributed by atoms with Gasteiger partial charge >= 0.3 is 0 Å². The predicted octanol–water partition coefficient (Wildman–Crippen LogP) is 1.73. The molecular formula is C10H11NO. The van der Waals surface area contributed by atoms with E-state index in [1.807, 2.05) is 18.2 Å². The maximum absolute atomic E-state index is 9.49. The summed E-state index contributed by atoms with van der Waals surface area (Å²) in [5.41, 5.74) is 1.95. The Morgan fingerprint density at radius 3 is 2.75 bits per heavy atom. The molecule has 2 N–H and O–H groups in total. The summed E-state index contributed by atoms with van der Waals surface area (Å²) >= 11 is 0. The summed E-state index contributed by atoms with van der Waals surface area (Å²) in [6.45, 7) is 0.976. The number of hydrogen-bond acceptors (Lipinski definition) is 2. The van der Waals surface area contributed by atoms with E-state index in [9.17, 15) is 5.11 Å². The van der Waals surface area contributed by atoms with Crippen molar-refractivity contribution in [1.29, 1.82) is 0 Å². The Kier molecular flexibility index (Phi) is 1.74. The first-order chi connectivity index (χ1) is 5.88. The molecule has 1 aromatic rings. The van der Waals surface area contributed by atoms with Crippen LogP contribution in [0.1, 0.15) is 12.0 Å². The highest BCUT2D eigenvalue weighted by molar-refractivity contribution is 5.69. The number of rotatable bonds is 1. The van der Waals surface area contributed by atoms with Gasteiger partial charge in [0.15, 0.2) is 0 Å². The summed E-state index contributed by atoms with van der Waals surface area (Å²) in [6.07, 6.45) is 3.15. The van der Waals surface area contributed by atoms with Crippen LogP contribution in [0.2, 0.25) is 0 Å². The van der Waals surface area contributed by atoms with E-state index in [1.165, 1.54) is 0 Å². The lowest BCUT2D eigenvalue weighted by atomic mass is 10.1. The second-order valence-corrected chi connectivity index (χ2v) is 2.85. The fourth-order valence-corrected chi connectivity index (χ4v) is 1.40. The molecule has 0 aromatic heterocycles. The normalized spacial score (nSPS) is 15.5. The molecule has 0 unspecified atom stereocenters. The minimum Gasteiger partial charge on any atom is -0.507 e. The van der Waals surface area contributed by atoms with Crippen LogP contribution in [0.3, 0.4) is 0 Å². The quantitative estimate of drug-likeness (QED) is 0.657. The molecule has 0 bridgehead atoms. The minimum absolute atomic E-state index is 0.346. The zero-order valence-electron chi connectivity index (χ0n) is 6.75. The molecule has 1 aromatic carbocycles. The fourth-order valence-electron chi connectivity index (χ4n) is 1.40.